The number of alkyl halides is 3. The highest BCUT2D eigenvalue weighted by Crippen LogP contribution is 2.38. The van der Waals surface area contributed by atoms with Crippen LogP contribution in [-0.2, 0) is 6.18 Å². The zero-order valence-corrected chi connectivity index (χ0v) is 10.3. The van der Waals surface area contributed by atoms with Gasteiger partial charge < -0.3 is 4.42 Å². The van der Waals surface area contributed by atoms with Gasteiger partial charge in [0.1, 0.15) is 5.76 Å². The van der Waals surface area contributed by atoms with Crippen molar-refractivity contribution in [3.05, 3.63) is 40.2 Å². The van der Waals surface area contributed by atoms with E-state index in [2.05, 4.69) is 20.9 Å². The van der Waals surface area contributed by atoms with Gasteiger partial charge in [-0.2, -0.15) is 13.2 Å². The van der Waals surface area contributed by atoms with E-state index in [1.165, 1.54) is 18.3 Å². The van der Waals surface area contributed by atoms with Crippen LogP contribution in [0.5, 0.6) is 0 Å². The summed E-state index contributed by atoms with van der Waals surface area (Å²) in [6, 6.07) is 3.68. The number of oxazole rings is 1. The maximum absolute atomic E-state index is 12.8. The molecule has 6 heteroatoms. The molecule has 2 rings (SSSR count). The summed E-state index contributed by atoms with van der Waals surface area (Å²) in [5, 5.41) is 0. The molecule has 0 aliphatic rings. The topological polar surface area (TPSA) is 26.0 Å². The third kappa shape index (κ3) is 2.52. The van der Waals surface area contributed by atoms with E-state index in [9.17, 15) is 13.2 Å². The molecule has 0 saturated carbocycles. The van der Waals surface area contributed by atoms with E-state index in [1.54, 1.807) is 6.92 Å². The van der Waals surface area contributed by atoms with Gasteiger partial charge in [0, 0.05) is 4.47 Å². The number of rotatable bonds is 1. The molecule has 0 aliphatic carbocycles. The van der Waals surface area contributed by atoms with Gasteiger partial charge >= 0.3 is 6.18 Å². The van der Waals surface area contributed by atoms with Crippen LogP contribution < -0.4 is 0 Å². The van der Waals surface area contributed by atoms with E-state index in [1.807, 2.05) is 0 Å². The summed E-state index contributed by atoms with van der Waals surface area (Å²) in [6.45, 7) is 1.63. The molecule has 90 valence electrons. The Labute approximate surface area is 104 Å². The van der Waals surface area contributed by atoms with Crippen molar-refractivity contribution in [2.24, 2.45) is 0 Å². The van der Waals surface area contributed by atoms with Crippen LogP contribution in [0.1, 0.15) is 11.3 Å². The molecule has 0 atom stereocenters. The second kappa shape index (κ2) is 4.18. The van der Waals surface area contributed by atoms with Gasteiger partial charge in [-0.05, 0) is 25.1 Å². The molecule has 0 saturated heterocycles. The van der Waals surface area contributed by atoms with Crippen molar-refractivity contribution >= 4 is 15.9 Å². The first-order valence-electron chi connectivity index (χ1n) is 4.67. The van der Waals surface area contributed by atoms with Crippen molar-refractivity contribution in [1.29, 1.82) is 0 Å². The molecule has 0 spiro atoms. The van der Waals surface area contributed by atoms with Crippen molar-refractivity contribution in [3.63, 3.8) is 0 Å². The average molecular weight is 306 g/mol. The Morgan fingerprint density at radius 1 is 1.29 bits per heavy atom. The molecule has 17 heavy (non-hydrogen) atoms. The predicted octanol–water partition coefficient (Wildman–Crippen LogP) is 4.43. The second-order valence-electron chi connectivity index (χ2n) is 3.46. The number of hydrogen-bond acceptors (Lipinski definition) is 2. The molecule has 1 aromatic carbocycles. The van der Waals surface area contributed by atoms with E-state index < -0.39 is 11.7 Å². The van der Waals surface area contributed by atoms with Gasteiger partial charge in [-0.3, -0.25) is 0 Å². The zero-order valence-electron chi connectivity index (χ0n) is 8.68. The van der Waals surface area contributed by atoms with Crippen LogP contribution >= 0.6 is 15.9 Å². The van der Waals surface area contributed by atoms with Crippen LogP contribution in [0.25, 0.3) is 11.5 Å². The normalized spacial score (nSPS) is 11.8. The lowest BCUT2D eigenvalue weighted by molar-refractivity contribution is -0.137. The minimum atomic E-state index is -4.43. The van der Waals surface area contributed by atoms with Gasteiger partial charge in [0.2, 0.25) is 5.89 Å². The number of aryl methyl sites for hydroxylation is 1. The minimum Gasteiger partial charge on any atom is -0.441 e. The monoisotopic (exact) mass is 305 g/mol. The van der Waals surface area contributed by atoms with Crippen LogP contribution in [0, 0.1) is 6.92 Å². The van der Waals surface area contributed by atoms with Gasteiger partial charge in [0.15, 0.2) is 0 Å². The maximum atomic E-state index is 12.8. The molecular weight excluding hydrogens is 299 g/mol. The SMILES string of the molecule is Cc1cnc(-c2cc(Br)ccc2C(F)(F)F)o1. The Balaban J connectivity index is 2.63. The summed E-state index contributed by atoms with van der Waals surface area (Å²) in [6.07, 6.45) is -3.05. The fourth-order valence-corrected chi connectivity index (χ4v) is 1.78. The molecule has 0 bridgehead atoms. The Bertz CT molecular complexity index is 548. The zero-order chi connectivity index (χ0) is 12.6. The largest absolute Gasteiger partial charge is 0.441 e. The van der Waals surface area contributed by atoms with E-state index in [4.69, 9.17) is 4.42 Å². The number of halogens is 4. The lowest BCUT2D eigenvalue weighted by atomic mass is 10.1. The number of hydrogen-bond donors (Lipinski definition) is 0. The molecule has 0 unspecified atom stereocenters. The molecule has 0 N–H and O–H groups in total. The third-order valence-corrected chi connectivity index (χ3v) is 2.63. The van der Waals surface area contributed by atoms with Crippen molar-refractivity contribution < 1.29 is 17.6 Å². The first-order valence-corrected chi connectivity index (χ1v) is 5.47. The highest BCUT2D eigenvalue weighted by atomic mass is 79.9. The van der Waals surface area contributed by atoms with Crippen LogP contribution in [0.3, 0.4) is 0 Å². The number of nitrogens with zero attached hydrogens (tertiary/aromatic N) is 1. The van der Waals surface area contributed by atoms with Crippen molar-refractivity contribution in [2.75, 3.05) is 0 Å². The summed E-state index contributed by atoms with van der Waals surface area (Å²) < 4.78 is 44.0. The van der Waals surface area contributed by atoms with Crippen LogP contribution in [-0.4, -0.2) is 4.98 Å². The molecule has 1 aromatic heterocycles. The van der Waals surface area contributed by atoms with E-state index in [0.717, 1.165) is 6.07 Å². The summed E-state index contributed by atoms with van der Waals surface area (Å²) in [4.78, 5) is 3.81. The van der Waals surface area contributed by atoms with Crippen molar-refractivity contribution in [3.8, 4) is 11.5 Å². The lowest BCUT2D eigenvalue weighted by Gasteiger charge is -2.10. The van der Waals surface area contributed by atoms with E-state index in [-0.39, 0.29) is 11.5 Å². The summed E-state index contributed by atoms with van der Waals surface area (Å²) in [5.74, 6) is 0.434. The Kier molecular flexibility index (Phi) is 2.99. The fraction of sp³-hybridized carbons (Fsp3) is 0.182. The van der Waals surface area contributed by atoms with Crippen molar-refractivity contribution in [2.45, 2.75) is 13.1 Å². The van der Waals surface area contributed by atoms with Gasteiger partial charge in [0.05, 0.1) is 17.3 Å². The molecule has 0 aliphatic heterocycles. The predicted molar refractivity (Wildman–Crippen MR) is 59.4 cm³/mol. The Morgan fingerprint density at radius 3 is 2.53 bits per heavy atom. The summed E-state index contributed by atoms with van der Waals surface area (Å²) in [7, 11) is 0. The van der Waals surface area contributed by atoms with Gasteiger partial charge in [-0.25, -0.2) is 4.98 Å². The molecular formula is C11H7BrF3NO. The molecule has 0 fully saturated rings. The highest BCUT2D eigenvalue weighted by Gasteiger charge is 2.34. The average Bonchev–Trinajstić information content (AvgIpc) is 2.62. The first-order chi connectivity index (χ1) is 7.88. The fourth-order valence-electron chi connectivity index (χ4n) is 1.42. The summed E-state index contributed by atoms with van der Waals surface area (Å²) in [5.41, 5.74) is -0.831. The van der Waals surface area contributed by atoms with Gasteiger partial charge in [-0.1, -0.05) is 15.9 Å². The molecule has 0 amide bonds. The number of benzene rings is 1. The van der Waals surface area contributed by atoms with E-state index in [0.29, 0.717) is 10.2 Å². The van der Waals surface area contributed by atoms with Gasteiger partial charge in [0.25, 0.3) is 0 Å². The first kappa shape index (κ1) is 12.2. The lowest BCUT2D eigenvalue weighted by Crippen LogP contribution is -2.07. The highest BCUT2D eigenvalue weighted by molar-refractivity contribution is 9.10. The Hall–Kier alpha value is -1.30. The molecule has 2 nitrogen and oxygen atoms in total. The van der Waals surface area contributed by atoms with E-state index >= 15 is 0 Å². The maximum Gasteiger partial charge on any atom is 0.417 e. The van der Waals surface area contributed by atoms with Crippen LogP contribution in [0.4, 0.5) is 13.2 Å². The van der Waals surface area contributed by atoms with Gasteiger partial charge in [-0.15, -0.1) is 0 Å². The molecule has 2 aromatic rings. The summed E-state index contributed by atoms with van der Waals surface area (Å²) >= 11 is 3.13. The Morgan fingerprint density at radius 2 is 2.00 bits per heavy atom. The smallest absolute Gasteiger partial charge is 0.417 e. The van der Waals surface area contributed by atoms with Crippen molar-refractivity contribution in [1.82, 2.24) is 4.98 Å². The number of aromatic nitrogens is 1. The van der Waals surface area contributed by atoms with Crippen LogP contribution in [0.15, 0.2) is 33.3 Å². The molecule has 1 heterocycles. The third-order valence-electron chi connectivity index (χ3n) is 2.14. The standard InChI is InChI=1S/C11H7BrF3NO/c1-6-5-16-10(17-6)8-4-7(12)2-3-9(8)11(13,14)15/h2-5H,1H3. The van der Waals surface area contributed by atoms with Crippen LogP contribution in [0.2, 0.25) is 0 Å². The second-order valence-corrected chi connectivity index (χ2v) is 4.38. The molecule has 0 radical (unpaired) electrons. The minimum absolute atomic E-state index is 0.0314. The quantitative estimate of drug-likeness (QED) is 0.779.